The molecule has 0 saturated carbocycles. The standard InChI is InChI=1S/C12H18ClN/c1-4-14-9-12(2,3)10-7-5-6-8-11(10)13/h5-8,14H,4,9H2,1-3H3. The van der Waals surface area contributed by atoms with Gasteiger partial charge in [0.1, 0.15) is 0 Å². The second kappa shape index (κ2) is 4.81. The number of rotatable bonds is 4. The molecule has 2 heteroatoms. The van der Waals surface area contributed by atoms with Crippen LogP contribution in [0.3, 0.4) is 0 Å². The van der Waals surface area contributed by atoms with Crippen molar-refractivity contribution >= 4 is 11.6 Å². The van der Waals surface area contributed by atoms with Crippen molar-refractivity contribution in [3.05, 3.63) is 34.9 Å². The molecule has 0 heterocycles. The number of likely N-dealkylation sites (N-methyl/N-ethyl adjacent to an activating group) is 1. The van der Waals surface area contributed by atoms with Crippen LogP contribution >= 0.6 is 11.6 Å². The summed E-state index contributed by atoms with van der Waals surface area (Å²) < 4.78 is 0. The molecule has 0 aliphatic rings. The number of benzene rings is 1. The van der Waals surface area contributed by atoms with Crippen molar-refractivity contribution in [3.63, 3.8) is 0 Å². The van der Waals surface area contributed by atoms with Crippen molar-refractivity contribution in [2.24, 2.45) is 0 Å². The van der Waals surface area contributed by atoms with Crippen LogP contribution in [0.5, 0.6) is 0 Å². The Labute approximate surface area is 91.5 Å². The second-order valence-corrected chi connectivity index (χ2v) is 4.55. The zero-order valence-electron chi connectivity index (χ0n) is 9.10. The first-order chi connectivity index (χ1) is 6.58. The number of nitrogens with one attached hydrogen (secondary N) is 1. The van der Waals surface area contributed by atoms with Gasteiger partial charge in [-0.1, -0.05) is 50.6 Å². The van der Waals surface area contributed by atoms with Crippen molar-refractivity contribution in [2.45, 2.75) is 26.2 Å². The summed E-state index contributed by atoms with van der Waals surface area (Å²) >= 11 is 6.16. The molecule has 0 fully saturated rings. The topological polar surface area (TPSA) is 12.0 Å². The third-order valence-corrected chi connectivity index (χ3v) is 2.75. The van der Waals surface area contributed by atoms with Gasteiger partial charge in [-0.25, -0.2) is 0 Å². The first-order valence-corrected chi connectivity index (χ1v) is 5.41. The van der Waals surface area contributed by atoms with E-state index in [0.29, 0.717) is 0 Å². The summed E-state index contributed by atoms with van der Waals surface area (Å²) in [5.74, 6) is 0. The highest BCUT2D eigenvalue weighted by molar-refractivity contribution is 6.31. The lowest BCUT2D eigenvalue weighted by Gasteiger charge is -2.26. The normalized spacial score (nSPS) is 11.7. The summed E-state index contributed by atoms with van der Waals surface area (Å²) in [6.45, 7) is 8.47. The highest BCUT2D eigenvalue weighted by Crippen LogP contribution is 2.28. The van der Waals surface area contributed by atoms with E-state index in [2.05, 4.69) is 32.2 Å². The highest BCUT2D eigenvalue weighted by atomic mass is 35.5. The molecular formula is C12H18ClN. The van der Waals surface area contributed by atoms with Crippen molar-refractivity contribution < 1.29 is 0 Å². The van der Waals surface area contributed by atoms with E-state index in [9.17, 15) is 0 Å². The van der Waals surface area contributed by atoms with E-state index in [-0.39, 0.29) is 5.41 Å². The monoisotopic (exact) mass is 211 g/mol. The molecule has 0 aliphatic heterocycles. The summed E-state index contributed by atoms with van der Waals surface area (Å²) in [5, 5.41) is 4.21. The zero-order valence-corrected chi connectivity index (χ0v) is 9.86. The largest absolute Gasteiger partial charge is 0.316 e. The number of halogens is 1. The molecule has 1 nitrogen and oxygen atoms in total. The first kappa shape index (κ1) is 11.5. The van der Waals surface area contributed by atoms with Gasteiger partial charge < -0.3 is 5.32 Å². The summed E-state index contributed by atoms with van der Waals surface area (Å²) in [4.78, 5) is 0. The Balaban J connectivity index is 2.86. The minimum absolute atomic E-state index is 0.0916. The molecule has 0 aliphatic carbocycles. The fraction of sp³-hybridized carbons (Fsp3) is 0.500. The Bertz CT molecular complexity index is 294. The van der Waals surface area contributed by atoms with Gasteiger partial charge in [-0.05, 0) is 18.2 Å². The molecule has 0 aromatic heterocycles. The van der Waals surface area contributed by atoms with E-state index >= 15 is 0 Å². The molecule has 1 rings (SSSR count). The van der Waals surface area contributed by atoms with E-state index in [4.69, 9.17) is 11.6 Å². The van der Waals surface area contributed by atoms with Gasteiger partial charge >= 0.3 is 0 Å². The third-order valence-electron chi connectivity index (χ3n) is 2.42. The Kier molecular flexibility index (Phi) is 3.97. The molecule has 0 radical (unpaired) electrons. The minimum Gasteiger partial charge on any atom is -0.316 e. The van der Waals surface area contributed by atoms with E-state index in [0.717, 1.165) is 18.1 Å². The van der Waals surface area contributed by atoms with Gasteiger partial charge in [0.2, 0.25) is 0 Å². The minimum atomic E-state index is 0.0916. The molecule has 1 aromatic carbocycles. The van der Waals surface area contributed by atoms with Gasteiger partial charge in [-0.15, -0.1) is 0 Å². The maximum atomic E-state index is 6.16. The molecular weight excluding hydrogens is 194 g/mol. The molecule has 1 aromatic rings. The van der Waals surface area contributed by atoms with Gasteiger partial charge in [0, 0.05) is 17.0 Å². The highest BCUT2D eigenvalue weighted by Gasteiger charge is 2.21. The smallest absolute Gasteiger partial charge is 0.0443 e. The number of hydrogen-bond donors (Lipinski definition) is 1. The van der Waals surface area contributed by atoms with Crippen LogP contribution in [0.25, 0.3) is 0 Å². The van der Waals surface area contributed by atoms with Gasteiger partial charge in [0.05, 0.1) is 0 Å². The van der Waals surface area contributed by atoms with Gasteiger partial charge in [-0.2, -0.15) is 0 Å². The lowest BCUT2D eigenvalue weighted by atomic mass is 9.84. The van der Waals surface area contributed by atoms with Crippen molar-refractivity contribution in [2.75, 3.05) is 13.1 Å². The fourth-order valence-electron chi connectivity index (χ4n) is 1.54. The van der Waals surface area contributed by atoms with E-state index in [1.807, 2.05) is 18.2 Å². The average Bonchev–Trinajstić information content (AvgIpc) is 2.15. The predicted octanol–water partition coefficient (Wildman–Crippen LogP) is 3.23. The molecule has 0 unspecified atom stereocenters. The van der Waals surface area contributed by atoms with Gasteiger partial charge in [0.15, 0.2) is 0 Å². The predicted molar refractivity (Wildman–Crippen MR) is 63.0 cm³/mol. The Morgan fingerprint density at radius 3 is 2.50 bits per heavy atom. The summed E-state index contributed by atoms with van der Waals surface area (Å²) in [6.07, 6.45) is 0. The molecule has 0 atom stereocenters. The zero-order chi connectivity index (χ0) is 10.6. The molecule has 14 heavy (non-hydrogen) atoms. The molecule has 0 saturated heterocycles. The lowest BCUT2D eigenvalue weighted by molar-refractivity contribution is 0.478. The molecule has 0 amide bonds. The average molecular weight is 212 g/mol. The Morgan fingerprint density at radius 2 is 1.93 bits per heavy atom. The molecule has 0 bridgehead atoms. The van der Waals surface area contributed by atoms with E-state index in [1.165, 1.54) is 5.56 Å². The van der Waals surface area contributed by atoms with Gasteiger partial charge in [0.25, 0.3) is 0 Å². The third kappa shape index (κ3) is 2.73. The van der Waals surface area contributed by atoms with Crippen LogP contribution in [-0.4, -0.2) is 13.1 Å². The lowest BCUT2D eigenvalue weighted by Crippen LogP contribution is -2.33. The van der Waals surface area contributed by atoms with Crippen LogP contribution in [0.1, 0.15) is 26.3 Å². The maximum absolute atomic E-state index is 6.16. The van der Waals surface area contributed by atoms with E-state index in [1.54, 1.807) is 0 Å². The van der Waals surface area contributed by atoms with Crippen molar-refractivity contribution in [1.82, 2.24) is 5.32 Å². The van der Waals surface area contributed by atoms with Crippen LogP contribution in [0.2, 0.25) is 5.02 Å². The SMILES string of the molecule is CCNCC(C)(C)c1ccccc1Cl. The van der Waals surface area contributed by atoms with Crippen LogP contribution in [0.4, 0.5) is 0 Å². The summed E-state index contributed by atoms with van der Waals surface area (Å²) in [5.41, 5.74) is 1.30. The van der Waals surface area contributed by atoms with Crippen LogP contribution in [0, 0.1) is 0 Å². The van der Waals surface area contributed by atoms with Crippen molar-refractivity contribution in [3.8, 4) is 0 Å². The Morgan fingerprint density at radius 1 is 1.29 bits per heavy atom. The summed E-state index contributed by atoms with van der Waals surface area (Å²) in [6, 6.07) is 8.05. The molecule has 0 spiro atoms. The Hall–Kier alpha value is -0.530. The fourth-order valence-corrected chi connectivity index (χ4v) is 1.93. The van der Waals surface area contributed by atoms with E-state index < -0.39 is 0 Å². The quantitative estimate of drug-likeness (QED) is 0.807. The van der Waals surface area contributed by atoms with Crippen LogP contribution in [0.15, 0.2) is 24.3 Å². The maximum Gasteiger partial charge on any atom is 0.0443 e. The van der Waals surface area contributed by atoms with Crippen molar-refractivity contribution in [1.29, 1.82) is 0 Å². The number of hydrogen-bond acceptors (Lipinski definition) is 1. The summed E-state index contributed by atoms with van der Waals surface area (Å²) in [7, 11) is 0. The van der Waals surface area contributed by atoms with Crippen LogP contribution in [-0.2, 0) is 5.41 Å². The first-order valence-electron chi connectivity index (χ1n) is 5.03. The van der Waals surface area contributed by atoms with Crippen LogP contribution < -0.4 is 5.32 Å². The molecule has 78 valence electrons. The molecule has 1 N–H and O–H groups in total. The second-order valence-electron chi connectivity index (χ2n) is 4.14. The van der Waals surface area contributed by atoms with Gasteiger partial charge in [-0.3, -0.25) is 0 Å².